The summed E-state index contributed by atoms with van der Waals surface area (Å²) in [5.74, 6) is -0.519. The van der Waals surface area contributed by atoms with Crippen LogP contribution in [0.25, 0.3) is 0 Å². The molecule has 1 heterocycles. The Morgan fingerprint density at radius 1 is 1.64 bits per heavy atom. The fourth-order valence-electron chi connectivity index (χ4n) is 0.522. The van der Waals surface area contributed by atoms with Crippen LogP contribution in [0.1, 0.15) is 11.9 Å². The molecule has 0 aliphatic carbocycles. The molecule has 1 rings (SSSR count). The Hall–Kier alpha value is -1.16. The van der Waals surface area contributed by atoms with Gasteiger partial charge in [0.15, 0.2) is 5.69 Å². The van der Waals surface area contributed by atoms with Crippen LogP contribution in [-0.4, -0.2) is 23.0 Å². The van der Waals surface area contributed by atoms with Gasteiger partial charge < -0.3 is 4.74 Å². The average molecular weight is 175 g/mol. The van der Waals surface area contributed by atoms with Gasteiger partial charge in [-0.05, 0) is 0 Å². The lowest BCUT2D eigenvalue weighted by molar-refractivity contribution is 0.0593. The molecule has 0 fully saturated rings. The molecule has 0 saturated carbocycles. The lowest BCUT2D eigenvalue weighted by Gasteiger charge is -1.95. The third-order valence-electron chi connectivity index (χ3n) is 1.01. The van der Waals surface area contributed by atoms with Crippen molar-refractivity contribution in [3.8, 4) is 0 Å². The first-order chi connectivity index (χ1) is 5.24. The van der Waals surface area contributed by atoms with Gasteiger partial charge >= 0.3 is 5.97 Å². The fourth-order valence-corrected chi connectivity index (χ4v) is 0.620. The van der Waals surface area contributed by atoms with Gasteiger partial charge in [0.2, 0.25) is 0 Å². The van der Waals surface area contributed by atoms with Crippen LogP contribution < -0.4 is 0 Å². The van der Waals surface area contributed by atoms with Crippen molar-refractivity contribution in [2.75, 3.05) is 7.11 Å². The van der Waals surface area contributed by atoms with E-state index in [-0.39, 0.29) is 12.3 Å². The number of nitrogens with zero attached hydrogens (tertiary/aromatic N) is 2. The quantitative estimate of drug-likeness (QED) is 0.600. The maximum Gasteiger partial charge on any atom is 0.358 e. The molecule has 0 unspecified atom stereocenters. The summed E-state index contributed by atoms with van der Waals surface area (Å²) < 4.78 is 4.39. The molecule has 0 radical (unpaired) electrons. The summed E-state index contributed by atoms with van der Waals surface area (Å²) in [6.45, 7) is 0. The van der Waals surface area contributed by atoms with Crippen molar-refractivity contribution in [1.82, 2.24) is 9.97 Å². The molecule has 5 heteroatoms. The lowest BCUT2D eigenvalue weighted by atomic mass is 10.5. The standard InChI is InChI=1S/C6H5ClN2O2.H2/c1-11-6(10)4-2-9-5(7)3-8-4;/h2-3H,1H3;1H. The lowest BCUT2D eigenvalue weighted by Crippen LogP contribution is -2.04. The maximum absolute atomic E-state index is 10.8. The summed E-state index contributed by atoms with van der Waals surface area (Å²) in [4.78, 5) is 18.1. The summed E-state index contributed by atoms with van der Waals surface area (Å²) in [7, 11) is 1.28. The second-order valence-electron chi connectivity index (χ2n) is 1.72. The van der Waals surface area contributed by atoms with Gasteiger partial charge in [0, 0.05) is 1.43 Å². The molecule has 11 heavy (non-hydrogen) atoms. The Labute approximate surface area is 69.7 Å². The van der Waals surface area contributed by atoms with Gasteiger partial charge in [-0.15, -0.1) is 0 Å². The molecule has 1 aromatic heterocycles. The highest BCUT2D eigenvalue weighted by Crippen LogP contribution is 2.01. The van der Waals surface area contributed by atoms with Crippen molar-refractivity contribution in [1.29, 1.82) is 0 Å². The number of esters is 1. The van der Waals surface area contributed by atoms with Crippen LogP contribution in [0.3, 0.4) is 0 Å². The third-order valence-corrected chi connectivity index (χ3v) is 1.21. The first kappa shape index (κ1) is 7.94. The van der Waals surface area contributed by atoms with Gasteiger partial charge in [-0.3, -0.25) is 0 Å². The van der Waals surface area contributed by atoms with Gasteiger partial charge in [-0.25, -0.2) is 14.8 Å². The van der Waals surface area contributed by atoms with E-state index in [1.54, 1.807) is 0 Å². The molecular formula is C6H7ClN2O2. The number of hydrogen-bond donors (Lipinski definition) is 0. The van der Waals surface area contributed by atoms with E-state index in [1.165, 1.54) is 19.5 Å². The molecule has 1 aromatic rings. The van der Waals surface area contributed by atoms with Crippen molar-refractivity contribution in [3.63, 3.8) is 0 Å². The zero-order valence-electron chi connectivity index (χ0n) is 5.74. The number of halogens is 1. The molecule has 0 aliphatic rings. The summed E-state index contributed by atoms with van der Waals surface area (Å²) in [5, 5.41) is 0.248. The molecule has 0 aliphatic heterocycles. The predicted molar refractivity (Wildman–Crippen MR) is 40.5 cm³/mol. The predicted octanol–water partition coefficient (Wildman–Crippen LogP) is 1.16. The number of hydrogen-bond acceptors (Lipinski definition) is 4. The monoisotopic (exact) mass is 174 g/mol. The van der Waals surface area contributed by atoms with E-state index in [1.807, 2.05) is 0 Å². The van der Waals surface area contributed by atoms with Crippen LogP contribution in [0.4, 0.5) is 0 Å². The van der Waals surface area contributed by atoms with E-state index in [0.717, 1.165) is 0 Å². The first-order valence-corrected chi connectivity index (χ1v) is 3.17. The van der Waals surface area contributed by atoms with Crippen molar-refractivity contribution < 1.29 is 11.0 Å². The molecule has 0 amide bonds. The van der Waals surface area contributed by atoms with Crippen molar-refractivity contribution in [2.24, 2.45) is 0 Å². The van der Waals surface area contributed by atoms with E-state index in [0.29, 0.717) is 0 Å². The summed E-state index contributed by atoms with van der Waals surface area (Å²) >= 11 is 5.43. The van der Waals surface area contributed by atoms with Gasteiger partial charge in [-0.2, -0.15) is 0 Å². The Bertz CT molecular complexity index is 265. The minimum Gasteiger partial charge on any atom is -0.464 e. The molecule has 0 saturated heterocycles. The first-order valence-electron chi connectivity index (χ1n) is 2.80. The third kappa shape index (κ3) is 1.88. The van der Waals surface area contributed by atoms with E-state index in [9.17, 15) is 4.79 Å². The van der Waals surface area contributed by atoms with Gasteiger partial charge in [-0.1, -0.05) is 11.6 Å². The van der Waals surface area contributed by atoms with Gasteiger partial charge in [0.1, 0.15) is 5.15 Å². The molecule has 0 aromatic carbocycles. The number of methoxy groups -OCH3 is 1. The van der Waals surface area contributed by atoms with E-state index < -0.39 is 5.97 Å². The number of aromatic nitrogens is 2. The Kier molecular flexibility index (Phi) is 2.38. The minimum atomic E-state index is -0.519. The van der Waals surface area contributed by atoms with Crippen LogP contribution in [0.15, 0.2) is 12.4 Å². The fraction of sp³-hybridized carbons (Fsp3) is 0.167. The number of carbonyl (C=O) groups is 1. The molecular weight excluding hydrogens is 168 g/mol. The molecule has 4 nitrogen and oxygen atoms in total. The second kappa shape index (κ2) is 3.30. The average Bonchev–Trinajstić information content (AvgIpc) is 2.05. The van der Waals surface area contributed by atoms with Crippen LogP contribution in [0.2, 0.25) is 5.15 Å². The summed E-state index contributed by atoms with van der Waals surface area (Å²) in [6.07, 6.45) is 2.54. The van der Waals surface area contributed by atoms with Gasteiger partial charge in [0.25, 0.3) is 0 Å². The van der Waals surface area contributed by atoms with Crippen molar-refractivity contribution in [3.05, 3.63) is 23.2 Å². The second-order valence-corrected chi connectivity index (χ2v) is 2.10. The number of carbonyl (C=O) groups excluding carboxylic acids is 1. The normalized spacial score (nSPS) is 9.27. The molecule has 0 N–H and O–H groups in total. The molecule has 0 bridgehead atoms. The molecule has 0 atom stereocenters. The maximum atomic E-state index is 10.8. The SMILES string of the molecule is COC(=O)c1cnc(Cl)cn1.[HH]. The van der Waals surface area contributed by atoms with Crippen LogP contribution in [0, 0.1) is 0 Å². The van der Waals surface area contributed by atoms with Crippen LogP contribution in [0.5, 0.6) is 0 Å². The Morgan fingerprint density at radius 2 is 2.36 bits per heavy atom. The largest absolute Gasteiger partial charge is 0.464 e. The van der Waals surface area contributed by atoms with E-state index in [2.05, 4.69) is 14.7 Å². The highest BCUT2D eigenvalue weighted by Gasteiger charge is 2.05. The molecule has 0 spiro atoms. The highest BCUT2D eigenvalue weighted by molar-refractivity contribution is 6.29. The Balaban J connectivity index is 0.00000121. The Morgan fingerprint density at radius 3 is 2.82 bits per heavy atom. The molecule has 60 valence electrons. The zero-order chi connectivity index (χ0) is 8.27. The van der Waals surface area contributed by atoms with Gasteiger partial charge in [0.05, 0.1) is 19.5 Å². The van der Waals surface area contributed by atoms with E-state index in [4.69, 9.17) is 11.6 Å². The van der Waals surface area contributed by atoms with Crippen molar-refractivity contribution >= 4 is 17.6 Å². The smallest absolute Gasteiger partial charge is 0.358 e. The summed E-state index contributed by atoms with van der Waals surface area (Å²) in [6, 6.07) is 0. The number of ether oxygens (including phenoxy) is 1. The summed E-state index contributed by atoms with van der Waals surface area (Å²) in [5.41, 5.74) is 0.150. The van der Waals surface area contributed by atoms with E-state index >= 15 is 0 Å². The topological polar surface area (TPSA) is 52.1 Å². The van der Waals surface area contributed by atoms with Crippen LogP contribution in [-0.2, 0) is 4.74 Å². The van der Waals surface area contributed by atoms with Crippen LogP contribution >= 0.6 is 11.6 Å². The zero-order valence-corrected chi connectivity index (χ0v) is 6.50. The van der Waals surface area contributed by atoms with Crippen molar-refractivity contribution in [2.45, 2.75) is 0 Å². The minimum absolute atomic E-state index is 0. The number of rotatable bonds is 1. The highest BCUT2D eigenvalue weighted by atomic mass is 35.5.